The molecule has 3 rings (SSSR count). The predicted molar refractivity (Wildman–Crippen MR) is 131 cm³/mol. The minimum absolute atomic E-state index is 0.416. The van der Waals surface area contributed by atoms with Crippen molar-refractivity contribution >= 4 is 11.8 Å². The lowest BCUT2D eigenvalue weighted by molar-refractivity contribution is 0.270. The highest BCUT2D eigenvalue weighted by molar-refractivity contribution is 5.79. The fraction of sp³-hybridized carbons (Fsp3) is 0.520. The number of anilines is 1. The molecular formula is C25H38N6. The van der Waals surface area contributed by atoms with E-state index in [2.05, 4.69) is 89.5 Å². The summed E-state index contributed by atoms with van der Waals surface area (Å²) in [5.74, 6) is 2.34. The number of nitrogens with zero attached hydrogens (tertiary/aromatic N) is 4. The van der Waals surface area contributed by atoms with Crippen LogP contribution >= 0.6 is 0 Å². The van der Waals surface area contributed by atoms with E-state index in [1.54, 1.807) is 0 Å². The van der Waals surface area contributed by atoms with Crippen LogP contribution in [0.5, 0.6) is 0 Å². The number of guanidine groups is 1. The minimum Gasteiger partial charge on any atom is -0.357 e. The molecule has 1 aliphatic heterocycles. The molecule has 0 saturated carbocycles. The van der Waals surface area contributed by atoms with Gasteiger partial charge in [0.05, 0.1) is 6.54 Å². The van der Waals surface area contributed by atoms with Gasteiger partial charge in [-0.05, 0) is 49.6 Å². The maximum atomic E-state index is 4.81. The van der Waals surface area contributed by atoms with Crippen molar-refractivity contribution in [3.63, 3.8) is 0 Å². The summed E-state index contributed by atoms with van der Waals surface area (Å²) in [6, 6.07) is 13.0. The SMILES string of the molecule is CCNC(=NCc1ccnc(N2CCN(CC)CC2)c1)NCC(C)c1ccc(C)cc1. The maximum Gasteiger partial charge on any atom is 0.191 e. The summed E-state index contributed by atoms with van der Waals surface area (Å²) in [4.78, 5) is 14.3. The van der Waals surface area contributed by atoms with E-state index in [1.807, 2.05) is 6.20 Å². The van der Waals surface area contributed by atoms with Gasteiger partial charge in [0.2, 0.25) is 0 Å². The number of hydrogen-bond donors (Lipinski definition) is 2. The Morgan fingerprint density at radius 2 is 1.81 bits per heavy atom. The van der Waals surface area contributed by atoms with E-state index in [0.717, 1.165) is 57.6 Å². The topological polar surface area (TPSA) is 55.8 Å². The molecule has 0 aliphatic carbocycles. The standard InChI is InChI=1S/C25H38N6/c1-5-26-25(28-18-21(4)23-9-7-20(3)8-10-23)29-19-22-11-12-27-24(17-22)31-15-13-30(6-2)14-16-31/h7-12,17,21H,5-6,13-16,18-19H2,1-4H3,(H2,26,28,29). The minimum atomic E-state index is 0.416. The molecule has 0 bridgehead atoms. The molecule has 6 nitrogen and oxygen atoms in total. The molecule has 2 aromatic rings. The van der Waals surface area contributed by atoms with Gasteiger partial charge in [-0.25, -0.2) is 9.98 Å². The number of aryl methyl sites for hydroxylation is 1. The number of hydrogen-bond acceptors (Lipinski definition) is 4. The van der Waals surface area contributed by atoms with E-state index in [0.29, 0.717) is 12.5 Å². The van der Waals surface area contributed by atoms with Crippen molar-refractivity contribution in [1.82, 2.24) is 20.5 Å². The highest BCUT2D eigenvalue weighted by Crippen LogP contribution is 2.16. The molecule has 0 spiro atoms. The zero-order valence-corrected chi connectivity index (χ0v) is 19.6. The van der Waals surface area contributed by atoms with Gasteiger partial charge in [0.15, 0.2) is 5.96 Å². The second-order valence-electron chi connectivity index (χ2n) is 8.33. The Morgan fingerprint density at radius 3 is 2.48 bits per heavy atom. The van der Waals surface area contributed by atoms with Crippen molar-refractivity contribution in [2.24, 2.45) is 4.99 Å². The summed E-state index contributed by atoms with van der Waals surface area (Å²) in [5, 5.41) is 6.87. The van der Waals surface area contributed by atoms with Gasteiger partial charge < -0.3 is 20.4 Å². The summed E-state index contributed by atoms with van der Waals surface area (Å²) in [6.07, 6.45) is 1.91. The first-order valence-corrected chi connectivity index (χ1v) is 11.6. The molecule has 1 saturated heterocycles. The molecule has 2 N–H and O–H groups in total. The van der Waals surface area contributed by atoms with Crippen LogP contribution in [0.15, 0.2) is 47.6 Å². The first-order chi connectivity index (χ1) is 15.1. The lowest BCUT2D eigenvalue weighted by Crippen LogP contribution is -2.46. The monoisotopic (exact) mass is 422 g/mol. The van der Waals surface area contributed by atoms with Crippen LogP contribution in [0.25, 0.3) is 0 Å². The number of piperazine rings is 1. The average Bonchev–Trinajstić information content (AvgIpc) is 2.81. The summed E-state index contributed by atoms with van der Waals surface area (Å²) in [6.45, 7) is 16.4. The van der Waals surface area contributed by atoms with E-state index in [1.165, 1.54) is 16.7 Å². The molecule has 168 valence electrons. The molecular weight excluding hydrogens is 384 g/mol. The van der Waals surface area contributed by atoms with Gasteiger partial charge >= 0.3 is 0 Å². The number of nitrogens with one attached hydrogen (secondary N) is 2. The quantitative estimate of drug-likeness (QED) is 0.504. The molecule has 31 heavy (non-hydrogen) atoms. The number of rotatable bonds is 8. The van der Waals surface area contributed by atoms with E-state index >= 15 is 0 Å². The zero-order chi connectivity index (χ0) is 22.1. The Labute approximate surface area is 187 Å². The lowest BCUT2D eigenvalue weighted by atomic mass is 10.0. The van der Waals surface area contributed by atoms with Crippen LogP contribution in [0.1, 0.15) is 43.4 Å². The number of aliphatic imine (C=N–C) groups is 1. The molecule has 1 aliphatic rings. The molecule has 6 heteroatoms. The normalized spacial score (nSPS) is 16.3. The number of aromatic nitrogens is 1. The van der Waals surface area contributed by atoms with Gasteiger partial charge in [0.1, 0.15) is 5.82 Å². The van der Waals surface area contributed by atoms with Crippen molar-refractivity contribution in [3.05, 3.63) is 59.3 Å². The van der Waals surface area contributed by atoms with Crippen LogP contribution in [0, 0.1) is 6.92 Å². The molecule has 1 fully saturated rings. The third-order valence-corrected chi connectivity index (χ3v) is 5.94. The van der Waals surface area contributed by atoms with Gasteiger partial charge in [-0.15, -0.1) is 0 Å². The molecule has 2 heterocycles. The van der Waals surface area contributed by atoms with E-state index in [9.17, 15) is 0 Å². The van der Waals surface area contributed by atoms with Crippen molar-refractivity contribution < 1.29 is 0 Å². The van der Waals surface area contributed by atoms with Crippen LogP contribution in [0.4, 0.5) is 5.82 Å². The predicted octanol–water partition coefficient (Wildman–Crippen LogP) is 3.39. The number of likely N-dealkylation sites (N-methyl/N-ethyl adjacent to an activating group) is 1. The van der Waals surface area contributed by atoms with Crippen molar-refractivity contribution in [3.8, 4) is 0 Å². The smallest absolute Gasteiger partial charge is 0.191 e. The Kier molecular flexibility index (Phi) is 8.71. The van der Waals surface area contributed by atoms with Crippen molar-refractivity contribution in [2.75, 3.05) is 50.7 Å². The van der Waals surface area contributed by atoms with E-state index in [4.69, 9.17) is 4.99 Å². The van der Waals surface area contributed by atoms with Crippen LogP contribution in [0.3, 0.4) is 0 Å². The molecule has 1 unspecified atom stereocenters. The second-order valence-corrected chi connectivity index (χ2v) is 8.33. The third-order valence-electron chi connectivity index (χ3n) is 5.94. The zero-order valence-electron chi connectivity index (χ0n) is 19.6. The molecule has 0 radical (unpaired) electrons. The summed E-state index contributed by atoms with van der Waals surface area (Å²) in [7, 11) is 0. The first-order valence-electron chi connectivity index (χ1n) is 11.6. The molecule has 1 aromatic heterocycles. The average molecular weight is 423 g/mol. The fourth-order valence-electron chi connectivity index (χ4n) is 3.80. The van der Waals surface area contributed by atoms with Crippen LogP contribution in [-0.2, 0) is 6.54 Å². The van der Waals surface area contributed by atoms with Gasteiger partial charge in [-0.2, -0.15) is 0 Å². The Bertz CT molecular complexity index is 824. The first kappa shape index (κ1) is 23.1. The largest absolute Gasteiger partial charge is 0.357 e. The second kappa shape index (κ2) is 11.7. The molecule has 1 atom stereocenters. The van der Waals surface area contributed by atoms with Crippen molar-refractivity contribution in [2.45, 2.75) is 40.2 Å². The third kappa shape index (κ3) is 6.96. The summed E-state index contributed by atoms with van der Waals surface area (Å²) >= 11 is 0. The van der Waals surface area contributed by atoms with Crippen LogP contribution in [0.2, 0.25) is 0 Å². The number of pyridine rings is 1. The molecule has 1 aromatic carbocycles. The number of benzene rings is 1. The lowest BCUT2D eigenvalue weighted by Gasteiger charge is -2.34. The summed E-state index contributed by atoms with van der Waals surface area (Å²) < 4.78 is 0. The van der Waals surface area contributed by atoms with E-state index < -0.39 is 0 Å². The van der Waals surface area contributed by atoms with Crippen LogP contribution < -0.4 is 15.5 Å². The Hall–Kier alpha value is -2.60. The van der Waals surface area contributed by atoms with Gasteiger partial charge in [-0.3, -0.25) is 0 Å². The van der Waals surface area contributed by atoms with Gasteiger partial charge in [0.25, 0.3) is 0 Å². The Balaban J connectivity index is 1.58. The molecule has 0 amide bonds. The van der Waals surface area contributed by atoms with Crippen LogP contribution in [-0.4, -0.2) is 61.7 Å². The highest BCUT2D eigenvalue weighted by atomic mass is 15.3. The fourth-order valence-corrected chi connectivity index (χ4v) is 3.80. The van der Waals surface area contributed by atoms with E-state index in [-0.39, 0.29) is 0 Å². The maximum absolute atomic E-state index is 4.81. The van der Waals surface area contributed by atoms with Gasteiger partial charge in [0, 0.05) is 45.5 Å². The Morgan fingerprint density at radius 1 is 1.06 bits per heavy atom. The highest BCUT2D eigenvalue weighted by Gasteiger charge is 2.16. The van der Waals surface area contributed by atoms with Gasteiger partial charge in [-0.1, -0.05) is 43.7 Å². The summed E-state index contributed by atoms with van der Waals surface area (Å²) in [5.41, 5.74) is 3.82. The van der Waals surface area contributed by atoms with Crippen molar-refractivity contribution in [1.29, 1.82) is 0 Å².